The molecule has 0 spiro atoms. The molecular weight excluding hydrogens is 208 g/mol. The largest absolute Gasteiger partial charge is 0.329 e. The monoisotopic (exact) mass is 238 g/mol. The molecule has 100 valence electrons. The van der Waals surface area contributed by atoms with Crippen LogP contribution in [0.15, 0.2) is 0 Å². The highest BCUT2D eigenvalue weighted by atomic mass is 15.2. The lowest BCUT2D eigenvalue weighted by Gasteiger charge is -2.46. The summed E-state index contributed by atoms with van der Waals surface area (Å²) in [4.78, 5) is 2.68. The SMILES string of the molecule is CCN(CC1CCC1)C(C)(CN)CC1CCC1. The van der Waals surface area contributed by atoms with Crippen molar-refractivity contribution in [1.82, 2.24) is 4.90 Å². The maximum Gasteiger partial charge on any atom is 0.0306 e. The van der Waals surface area contributed by atoms with E-state index in [0.29, 0.717) is 0 Å². The zero-order chi connectivity index (χ0) is 12.3. The molecule has 2 N–H and O–H groups in total. The van der Waals surface area contributed by atoms with E-state index in [4.69, 9.17) is 5.73 Å². The first-order chi connectivity index (χ1) is 8.18. The first-order valence-corrected chi connectivity index (χ1v) is 7.63. The van der Waals surface area contributed by atoms with Crippen LogP contribution >= 0.6 is 0 Å². The highest BCUT2D eigenvalue weighted by Crippen LogP contribution is 2.37. The fraction of sp³-hybridized carbons (Fsp3) is 1.00. The van der Waals surface area contributed by atoms with E-state index in [1.54, 1.807) is 0 Å². The van der Waals surface area contributed by atoms with E-state index in [1.807, 2.05) is 0 Å². The molecule has 0 radical (unpaired) electrons. The Morgan fingerprint density at radius 3 is 2.06 bits per heavy atom. The first kappa shape index (κ1) is 13.4. The van der Waals surface area contributed by atoms with Gasteiger partial charge in [-0.3, -0.25) is 4.90 Å². The van der Waals surface area contributed by atoms with E-state index in [1.165, 1.54) is 51.5 Å². The Labute approximate surface area is 107 Å². The highest BCUT2D eigenvalue weighted by molar-refractivity contribution is 4.92. The third-order valence-corrected chi connectivity index (χ3v) is 5.24. The molecule has 0 bridgehead atoms. The van der Waals surface area contributed by atoms with Crippen molar-refractivity contribution in [2.75, 3.05) is 19.6 Å². The Morgan fingerprint density at radius 2 is 1.71 bits per heavy atom. The van der Waals surface area contributed by atoms with Gasteiger partial charge in [-0.05, 0) is 44.6 Å². The predicted molar refractivity (Wildman–Crippen MR) is 74.0 cm³/mol. The summed E-state index contributed by atoms with van der Waals surface area (Å²) in [5.41, 5.74) is 6.36. The minimum absolute atomic E-state index is 0.259. The summed E-state index contributed by atoms with van der Waals surface area (Å²) in [6.45, 7) is 7.97. The Morgan fingerprint density at radius 1 is 1.12 bits per heavy atom. The molecule has 2 heteroatoms. The van der Waals surface area contributed by atoms with Gasteiger partial charge in [0.05, 0.1) is 0 Å². The smallest absolute Gasteiger partial charge is 0.0306 e. The van der Waals surface area contributed by atoms with Gasteiger partial charge in [0.2, 0.25) is 0 Å². The highest BCUT2D eigenvalue weighted by Gasteiger charge is 2.35. The van der Waals surface area contributed by atoms with Crippen molar-refractivity contribution in [3.8, 4) is 0 Å². The van der Waals surface area contributed by atoms with Gasteiger partial charge in [-0.1, -0.05) is 32.6 Å². The van der Waals surface area contributed by atoms with E-state index >= 15 is 0 Å². The third-order valence-electron chi connectivity index (χ3n) is 5.24. The standard InChI is InChI=1S/C15H30N2/c1-3-17(11-14-8-5-9-14)15(2,12-16)10-13-6-4-7-13/h13-14H,3-12,16H2,1-2H3. The van der Waals surface area contributed by atoms with Crippen LogP contribution in [0.2, 0.25) is 0 Å². The summed E-state index contributed by atoms with van der Waals surface area (Å²) in [5, 5.41) is 0. The summed E-state index contributed by atoms with van der Waals surface area (Å²) in [7, 11) is 0. The molecule has 0 heterocycles. The second kappa shape index (κ2) is 5.71. The van der Waals surface area contributed by atoms with Gasteiger partial charge in [0.25, 0.3) is 0 Å². The maximum atomic E-state index is 6.10. The number of likely N-dealkylation sites (N-methyl/N-ethyl adjacent to an activating group) is 1. The minimum Gasteiger partial charge on any atom is -0.329 e. The average Bonchev–Trinajstić information content (AvgIpc) is 2.22. The van der Waals surface area contributed by atoms with Crippen LogP contribution in [0.1, 0.15) is 58.8 Å². The van der Waals surface area contributed by atoms with Gasteiger partial charge in [-0.25, -0.2) is 0 Å². The van der Waals surface area contributed by atoms with Crippen LogP contribution in [-0.2, 0) is 0 Å². The molecule has 0 aromatic carbocycles. The Balaban J connectivity index is 1.90. The van der Waals surface area contributed by atoms with Gasteiger partial charge in [-0.2, -0.15) is 0 Å². The second-order valence-corrected chi connectivity index (χ2v) is 6.54. The molecule has 0 amide bonds. The molecular formula is C15H30N2. The molecule has 2 aliphatic rings. The Bertz CT molecular complexity index is 233. The quantitative estimate of drug-likeness (QED) is 0.739. The Kier molecular flexibility index (Phi) is 4.48. The lowest BCUT2D eigenvalue weighted by molar-refractivity contribution is 0.0452. The molecule has 2 fully saturated rings. The predicted octanol–water partition coefficient (Wildman–Crippen LogP) is 3.02. The maximum absolute atomic E-state index is 6.10. The molecule has 0 aromatic heterocycles. The number of hydrogen-bond donors (Lipinski definition) is 1. The van der Waals surface area contributed by atoms with Crippen molar-refractivity contribution in [1.29, 1.82) is 0 Å². The van der Waals surface area contributed by atoms with Crippen LogP contribution in [0.4, 0.5) is 0 Å². The van der Waals surface area contributed by atoms with E-state index in [-0.39, 0.29) is 5.54 Å². The first-order valence-electron chi connectivity index (χ1n) is 7.63. The van der Waals surface area contributed by atoms with Crippen LogP contribution in [0.3, 0.4) is 0 Å². The number of nitrogens with zero attached hydrogens (tertiary/aromatic N) is 1. The van der Waals surface area contributed by atoms with Gasteiger partial charge in [0.1, 0.15) is 0 Å². The normalized spacial score (nSPS) is 25.4. The summed E-state index contributed by atoms with van der Waals surface area (Å²) in [6.07, 6.45) is 9.99. The summed E-state index contributed by atoms with van der Waals surface area (Å²) >= 11 is 0. The second-order valence-electron chi connectivity index (χ2n) is 6.54. The third kappa shape index (κ3) is 3.03. The summed E-state index contributed by atoms with van der Waals surface area (Å²) < 4.78 is 0. The van der Waals surface area contributed by atoms with Crippen molar-refractivity contribution < 1.29 is 0 Å². The van der Waals surface area contributed by atoms with E-state index in [9.17, 15) is 0 Å². The van der Waals surface area contributed by atoms with Crippen LogP contribution in [0.25, 0.3) is 0 Å². The molecule has 2 rings (SSSR count). The van der Waals surface area contributed by atoms with E-state index in [2.05, 4.69) is 18.7 Å². The van der Waals surface area contributed by atoms with Gasteiger partial charge in [0.15, 0.2) is 0 Å². The summed E-state index contributed by atoms with van der Waals surface area (Å²) in [5.74, 6) is 1.92. The fourth-order valence-corrected chi connectivity index (χ4v) is 3.38. The fourth-order valence-electron chi connectivity index (χ4n) is 3.38. The van der Waals surface area contributed by atoms with Gasteiger partial charge < -0.3 is 5.73 Å². The molecule has 0 aromatic rings. The van der Waals surface area contributed by atoms with Crippen molar-refractivity contribution in [2.45, 2.75) is 64.3 Å². The van der Waals surface area contributed by atoms with Crippen LogP contribution in [0.5, 0.6) is 0 Å². The molecule has 1 unspecified atom stereocenters. The van der Waals surface area contributed by atoms with Crippen molar-refractivity contribution in [3.05, 3.63) is 0 Å². The average molecular weight is 238 g/mol. The van der Waals surface area contributed by atoms with Gasteiger partial charge >= 0.3 is 0 Å². The zero-order valence-corrected chi connectivity index (χ0v) is 11.8. The lowest BCUT2D eigenvalue weighted by Crippen LogP contribution is -2.55. The van der Waals surface area contributed by atoms with Gasteiger partial charge in [0, 0.05) is 18.6 Å². The molecule has 2 aliphatic carbocycles. The van der Waals surface area contributed by atoms with Crippen molar-refractivity contribution >= 4 is 0 Å². The van der Waals surface area contributed by atoms with Gasteiger partial charge in [-0.15, -0.1) is 0 Å². The molecule has 2 nitrogen and oxygen atoms in total. The molecule has 0 saturated heterocycles. The van der Waals surface area contributed by atoms with Crippen molar-refractivity contribution in [2.24, 2.45) is 17.6 Å². The van der Waals surface area contributed by atoms with Crippen molar-refractivity contribution in [3.63, 3.8) is 0 Å². The molecule has 2 saturated carbocycles. The summed E-state index contributed by atoms with van der Waals surface area (Å²) in [6, 6.07) is 0. The minimum atomic E-state index is 0.259. The number of hydrogen-bond acceptors (Lipinski definition) is 2. The number of nitrogens with two attached hydrogens (primary N) is 1. The van der Waals surface area contributed by atoms with Crippen LogP contribution < -0.4 is 5.73 Å². The molecule has 0 aliphatic heterocycles. The zero-order valence-electron chi connectivity index (χ0n) is 11.8. The topological polar surface area (TPSA) is 29.3 Å². The van der Waals surface area contributed by atoms with E-state index in [0.717, 1.165) is 24.9 Å². The Hall–Kier alpha value is -0.0800. The number of rotatable bonds is 7. The molecule has 17 heavy (non-hydrogen) atoms. The lowest BCUT2D eigenvalue weighted by atomic mass is 9.75. The van der Waals surface area contributed by atoms with Crippen LogP contribution in [0, 0.1) is 11.8 Å². The van der Waals surface area contributed by atoms with E-state index < -0.39 is 0 Å². The van der Waals surface area contributed by atoms with Crippen LogP contribution in [-0.4, -0.2) is 30.1 Å². The molecule has 1 atom stereocenters.